The summed E-state index contributed by atoms with van der Waals surface area (Å²) >= 11 is 7.14. The van der Waals surface area contributed by atoms with Crippen molar-refractivity contribution in [3.63, 3.8) is 0 Å². The molecule has 2 aromatic rings. The summed E-state index contributed by atoms with van der Waals surface area (Å²) in [7, 11) is 0. The third-order valence-electron chi connectivity index (χ3n) is 4.73. The van der Waals surface area contributed by atoms with Crippen LogP contribution in [0.2, 0.25) is 0 Å². The molecule has 3 rings (SSSR count). The number of carbonyl (C=O) groups excluding carboxylic acids is 1. The third-order valence-corrected chi connectivity index (χ3v) is 5.98. The SMILES string of the molecule is CC(C)c1cc(Br)c(NC(=O)N2CCN(c3ccc(C#N)cn3)CC2)c(Br)c1. The topological polar surface area (TPSA) is 72.3 Å². The first-order valence-electron chi connectivity index (χ1n) is 9.05. The van der Waals surface area contributed by atoms with Crippen molar-refractivity contribution in [3.05, 3.63) is 50.5 Å². The number of nitriles is 1. The maximum atomic E-state index is 12.7. The molecule has 2 heterocycles. The summed E-state index contributed by atoms with van der Waals surface area (Å²) in [4.78, 5) is 21.0. The zero-order valence-electron chi connectivity index (χ0n) is 15.7. The second-order valence-corrected chi connectivity index (χ2v) is 8.64. The first-order chi connectivity index (χ1) is 13.4. The van der Waals surface area contributed by atoms with Gasteiger partial charge in [0.15, 0.2) is 0 Å². The highest BCUT2D eigenvalue weighted by Crippen LogP contribution is 2.35. The van der Waals surface area contributed by atoms with E-state index in [1.807, 2.05) is 18.2 Å². The molecule has 28 heavy (non-hydrogen) atoms. The highest BCUT2D eigenvalue weighted by Gasteiger charge is 2.23. The molecule has 0 bridgehead atoms. The van der Waals surface area contributed by atoms with Gasteiger partial charge in [-0.1, -0.05) is 13.8 Å². The Bertz CT molecular complexity index is 877. The number of pyridine rings is 1. The number of piperazine rings is 1. The van der Waals surface area contributed by atoms with E-state index in [0.717, 1.165) is 20.5 Å². The molecular weight excluding hydrogens is 486 g/mol. The van der Waals surface area contributed by atoms with Crippen molar-refractivity contribution in [1.82, 2.24) is 9.88 Å². The number of amides is 2. The Morgan fingerprint density at radius 2 is 1.82 bits per heavy atom. The lowest BCUT2D eigenvalue weighted by Crippen LogP contribution is -2.50. The molecule has 1 aromatic heterocycles. The number of anilines is 2. The summed E-state index contributed by atoms with van der Waals surface area (Å²) in [6.45, 7) is 6.87. The highest BCUT2D eigenvalue weighted by molar-refractivity contribution is 9.11. The molecular formula is C20H21Br2N5O. The summed E-state index contributed by atoms with van der Waals surface area (Å²) in [5.41, 5.74) is 2.48. The van der Waals surface area contributed by atoms with Crippen molar-refractivity contribution in [2.45, 2.75) is 19.8 Å². The van der Waals surface area contributed by atoms with E-state index in [-0.39, 0.29) is 6.03 Å². The van der Waals surface area contributed by atoms with E-state index >= 15 is 0 Å². The van der Waals surface area contributed by atoms with Crippen LogP contribution in [0.5, 0.6) is 0 Å². The number of hydrogen-bond donors (Lipinski definition) is 1. The fourth-order valence-corrected chi connectivity index (χ4v) is 4.43. The van der Waals surface area contributed by atoms with E-state index in [9.17, 15) is 4.79 Å². The van der Waals surface area contributed by atoms with Crippen molar-refractivity contribution in [2.24, 2.45) is 0 Å². The molecule has 1 aromatic carbocycles. The molecule has 1 saturated heterocycles. The number of benzene rings is 1. The molecule has 0 aliphatic carbocycles. The largest absolute Gasteiger partial charge is 0.353 e. The molecule has 146 valence electrons. The Morgan fingerprint density at radius 1 is 1.18 bits per heavy atom. The maximum Gasteiger partial charge on any atom is 0.322 e. The normalized spacial score (nSPS) is 14.1. The van der Waals surface area contributed by atoms with Gasteiger partial charge in [-0.05, 0) is 67.6 Å². The lowest BCUT2D eigenvalue weighted by atomic mass is 10.0. The maximum absolute atomic E-state index is 12.7. The molecule has 1 fully saturated rings. The van der Waals surface area contributed by atoms with Crippen molar-refractivity contribution in [3.8, 4) is 6.07 Å². The molecule has 2 amide bonds. The smallest absolute Gasteiger partial charge is 0.322 e. The number of nitrogens with zero attached hydrogens (tertiary/aromatic N) is 4. The lowest BCUT2D eigenvalue weighted by Gasteiger charge is -2.35. The Morgan fingerprint density at radius 3 is 2.32 bits per heavy atom. The van der Waals surface area contributed by atoms with E-state index in [0.29, 0.717) is 37.7 Å². The van der Waals surface area contributed by atoms with E-state index in [1.54, 1.807) is 17.2 Å². The second kappa shape index (κ2) is 8.93. The van der Waals surface area contributed by atoms with Crippen LogP contribution in [0, 0.1) is 11.3 Å². The van der Waals surface area contributed by atoms with Crippen LogP contribution in [0.1, 0.15) is 30.9 Å². The van der Waals surface area contributed by atoms with Crippen molar-refractivity contribution >= 4 is 49.4 Å². The zero-order chi connectivity index (χ0) is 20.3. The first kappa shape index (κ1) is 20.6. The standard InChI is InChI=1S/C20H21Br2N5O/c1-13(2)15-9-16(21)19(17(22)10-15)25-20(28)27-7-5-26(6-8-27)18-4-3-14(11-23)12-24-18/h3-4,9-10,12-13H,5-8H2,1-2H3,(H,25,28). The minimum Gasteiger partial charge on any atom is -0.353 e. The molecule has 8 heteroatoms. The summed E-state index contributed by atoms with van der Waals surface area (Å²) in [5.74, 6) is 1.23. The van der Waals surface area contributed by atoms with Gasteiger partial charge in [-0.15, -0.1) is 0 Å². The number of rotatable bonds is 3. The predicted molar refractivity (Wildman–Crippen MR) is 118 cm³/mol. The van der Waals surface area contributed by atoms with Gasteiger partial charge in [0, 0.05) is 41.3 Å². The molecule has 0 spiro atoms. The number of hydrogen-bond acceptors (Lipinski definition) is 4. The van der Waals surface area contributed by atoms with Gasteiger partial charge in [-0.2, -0.15) is 5.26 Å². The molecule has 6 nitrogen and oxygen atoms in total. The van der Waals surface area contributed by atoms with Gasteiger partial charge in [-0.3, -0.25) is 0 Å². The quantitative estimate of drug-likeness (QED) is 0.638. The Labute approximate surface area is 181 Å². The van der Waals surface area contributed by atoms with Gasteiger partial charge in [0.25, 0.3) is 0 Å². The fourth-order valence-electron chi connectivity index (χ4n) is 3.01. The van der Waals surface area contributed by atoms with E-state index in [2.05, 4.69) is 67.0 Å². The van der Waals surface area contributed by atoms with E-state index < -0.39 is 0 Å². The molecule has 1 aliphatic heterocycles. The fraction of sp³-hybridized carbons (Fsp3) is 0.350. The van der Waals surface area contributed by atoms with Gasteiger partial charge in [0.1, 0.15) is 11.9 Å². The van der Waals surface area contributed by atoms with Crippen molar-refractivity contribution < 1.29 is 4.79 Å². The van der Waals surface area contributed by atoms with Gasteiger partial charge < -0.3 is 15.1 Å². The number of urea groups is 1. The molecule has 0 unspecified atom stereocenters. The minimum atomic E-state index is -0.119. The van der Waals surface area contributed by atoms with Crippen LogP contribution in [-0.2, 0) is 0 Å². The molecule has 0 atom stereocenters. The number of nitrogens with one attached hydrogen (secondary N) is 1. The van der Waals surface area contributed by atoms with Crippen LogP contribution in [0.4, 0.5) is 16.3 Å². The summed E-state index contributed by atoms with van der Waals surface area (Å²) in [5, 5.41) is 11.9. The average Bonchev–Trinajstić information content (AvgIpc) is 2.70. The average molecular weight is 507 g/mol. The van der Waals surface area contributed by atoms with Gasteiger partial charge >= 0.3 is 6.03 Å². The Hall–Kier alpha value is -2.11. The number of halogens is 2. The number of aromatic nitrogens is 1. The number of carbonyl (C=O) groups is 1. The molecule has 1 aliphatic rings. The van der Waals surface area contributed by atoms with Crippen LogP contribution >= 0.6 is 31.9 Å². The van der Waals surface area contributed by atoms with Gasteiger partial charge in [0.2, 0.25) is 0 Å². The molecule has 0 saturated carbocycles. The van der Waals surface area contributed by atoms with E-state index in [4.69, 9.17) is 5.26 Å². The Balaban J connectivity index is 1.62. The second-order valence-electron chi connectivity index (χ2n) is 6.94. The third kappa shape index (κ3) is 4.65. The van der Waals surface area contributed by atoms with Crippen LogP contribution in [0.25, 0.3) is 0 Å². The van der Waals surface area contributed by atoms with Crippen molar-refractivity contribution in [2.75, 3.05) is 36.4 Å². The van der Waals surface area contributed by atoms with Crippen molar-refractivity contribution in [1.29, 1.82) is 5.26 Å². The van der Waals surface area contributed by atoms with E-state index in [1.165, 1.54) is 5.56 Å². The summed E-state index contributed by atoms with van der Waals surface area (Å²) < 4.78 is 1.72. The van der Waals surface area contributed by atoms with Crippen LogP contribution in [0.15, 0.2) is 39.4 Å². The van der Waals surface area contributed by atoms with Gasteiger partial charge in [-0.25, -0.2) is 9.78 Å². The van der Waals surface area contributed by atoms with Crippen LogP contribution in [-0.4, -0.2) is 42.1 Å². The summed E-state index contributed by atoms with van der Waals surface area (Å²) in [6, 6.07) is 9.64. The monoisotopic (exact) mass is 505 g/mol. The zero-order valence-corrected chi connectivity index (χ0v) is 18.9. The van der Waals surface area contributed by atoms with Crippen LogP contribution in [0.3, 0.4) is 0 Å². The van der Waals surface area contributed by atoms with Crippen LogP contribution < -0.4 is 10.2 Å². The lowest BCUT2D eigenvalue weighted by molar-refractivity contribution is 0.208. The molecule has 1 N–H and O–H groups in total. The molecule has 0 radical (unpaired) electrons. The first-order valence-corrected chi connectivity index (χ1v) is 10.6. The predicted octanol–water partition coefficient (Wildman–Crippen LogP) is 4.96. The minimum absolute atomic E-state index is 0.119. The van der Waals surface area contributed by atoms with Gasteiger partial charge in [0.05, 0.1) is 11.3 Å². The Kier molecular flexibility index (Phi) is 6.57. The summed E-state index contributed by atoms with van der Waals surface area (Å²) in [6.07, 6.45) is 1.57. The highest BCUT2D eigenvalue weighted by atomic mass is 79.9.